The lowest BCUT2D eigenvalue weighted by Gasteiger charge is -2.66. The van der Waals surface area contributed by atoms with E-state index in [4.69, 9.17) is 9.47 Å². The molecule has 2 saturated carbocycles. The number of fused-ring (bicyclic) bond motifs is 3. The van der Waals surface area contributed by atoms with E-state index in [0.717, 1.165) is 38.5 Å². The Kier molecular flexibility index (Phi) is 4.85. The summed E-state index contributed by atoms with van der Waals surface area (Å²) in [5.41, 5.74) is -0.828. The van der Waals surface area contributed by atoms with Gasteiger partial charge in [0.2, 0.25) is 0 Å². The van der Waals surface area contributed by atoms with Gasteiger partial charge in [-0.3, -0.25) is 4.79 Å². The number of esters is 1. The highest BCUT2D eigenvalue weighted by Gasteiger charge is 2.65. The molecule has 0 unspecified atom stereocenters. The van der Waals surface area contributed by atoms with Crippen molar-refractivity contribution >= 4 is 5.97 Å². The van der Waals surface area contributed by atoms with Crippen molar-refractivity contribution in [3.8, 4) is 0 Å². The van der Waals surface area contributed by atoms with E-state index in [2.05, 4.69) is 34.3 Å². The summed E-state index contributed by atoms with van der Waals surface area (Å²) < 4.78 is 12.1. The Hall–Kier alpha value is -0.870. The normalized spacial score (nSPS) is 51.1. The summed E-state index contributed by atoms with van der Waals surface area (Å²) in [6.07, 6.45) is 7.20. The predicted molar refractivity (Wildman–Crippen MR) is 102 cm³/mol. The molecule has 0 spiro atoms. The number of ether oxygens (including phenoxy) is 2. The molecule has 4 heteroatoms. The number of hydrogen-bond donors (Lipinski definition) is 1. The van der Waals surface area contributed by atoms with E-state index >= 15 is 0 Å². The van der Waals surface area contributed by atoms with Gasteiger partial charge in [0.15, 0.2) is 0 Å². The highest BCUT2D eigenvalue weighted by atomic mass is 16.5. The summed E-state index contributed by atoms with van der Waals surface area (Å²) in [4.78, 5) is 11.4. The molecule has 7 atom stereocenters. The summed E-state index contributed by atoms with van der Waals surface area (Å²) in [6, 6.07) is 0. The fourth-order valence-electron chi connectivity index (χ4n) is 6.67. The maximum Gasteiger partial charge on any atom is 0.302 e. The molecule has 2 aliphatic carbocycles. The fraction of sp³-hybridized carbons (Fsp3) is 0.864. The molecule has 148 valence electrons. The molecule has 0 aromatic rings. The van der Waals surface area contributed by atoms with Gasteiger partial charge in [-0.1, -0.05) is 19.9 Å². The third-order valence-electron chi connectivity index (χ3n) is 8.15. The highest BCUT2D eigenvalue weighted by Crippen LogP contribution is 2.65. The smallest absolute Gasteiger partial charge is 0.302 e. The first-order valence-corrected chi connectivity index (χ1v) is 10.1. The minimum absolute atomic E-state index is 0.0832. The summed E-state index contributed by atoms with van der Waals surface area (Å²) >= 11 is 0. The summed E-state index contributed by atoms with van der Waals surface area (Å²) in [6.45, 7) is 14.8. The van der Waals surface area contributed by atoms with Crippen LogP contribution in [-0.4, -0.2) is 35.0 Å². The molecule has 3 aliphatic rings. The average Bonchev–Trinajstić information content (AvgIpc) is 2.56. The molecule has 3 rings (SSSR count). The molecular weight excluding hydrogens is 328 g/mol. The molecule has 0 aromatic heterocycles. The third-order valence-corrected chi connectivity index (χ3v) is 8.15. The molecule has 0 aromatic carbocycles. The second kappa shape index (κ2) is 6.34. The van der Waals surface area contributed by atoms with Crippen LogP contribution in [0.1, 0.15) is 73.1 Å². The number of rotatable bonds is 3. The summed E-state index contributed by atoms with van der Waals surface area (Å²) in [5, 5.41) is 11.1. The van der Waals surface area contributed by atoms with E-state index in [1.54, 1.807) is 0 Å². The van der Waals surface area contributed by atoms with Gasteiger partial charge in [-0.25, -0.2) is 0 Å². The zero-order valence-corrected chi connectivity index (χ0v) is 17.1. The van der Waals surface area contributed by atoms with Gasteiger partial charge in [-0.2, -0.15) is 0 Å². The molecule has 4 nitrogen and oxygen atoms in total. The van der Waals surface area contributed by atoms with Gasteiger partial charge in [0.25, 0.3) is 0 Å². The lowest BCUT2D eigenvalue weighted by molar-refractivity contribution is -0.278. The van der Waals surface area contributed by atoms with E-state index in [1.807, 2.05) is 6.08 Å². The molecule has 1 heterocycles. The lowest BCUT2D eigenvalue weighted by Crippen LogP contribution is -2.67. The number of aliphatic hydroxyl groups excluding tert-OH is 1. The van der Waals surface area contributed by atoms with Crippen molar-refractivity contribution in [1.82, 2.24) is 0 Å². The van der Waals surface area contributed by atoms with E-state index in [0.29, 0.717) is 18.4 Å². The van der Waals surface area contributed by atoms with Crippen molar-refractivity contribution in [3.05, 3.63) is 12.7 Å². The monoisotopic (exact) mass is 364 g/mol. The molecule has 1 saturated heterocycles. The number of carbonyl (C=O) groups excluding carboxylic acids is 1. The van der Waals surface area contributed by atoms with Crippen molar-refractivity contribution in [2.24, 2.45) is 22.7 Å². The summed E-state index contributed by atoms with van der Waals surface area (Å²) in [5.74, 6) is 0.407. The average molecular weight is 365 g/mol. The van der Waals surface area contributed by atoms with E-state index in [1.165, 1.54) is 6.92 Å². The first-order valence-electron chi connectivity index (χ1n) is 10.1. The van der Waals surface area contributed by atoms with Crippen LogP contribution in [0.25, 0.3) is 0 Å². The molecule has 1 N–H and O–H groups in total. The van der Waals surface area contributed by atoms with E-state index in [9.17, 15) is 9.90 Å². The largest absolute Gasteiger partial charge is 0.465 e. The van der Waals surface area contributed by atoms with Crippen LogP contribution in [0.4, 0.5) is 0 Å². The van der Waals surface area contributed by atoms with Crippen LogP contribution in [-0.2, 0) is 14.3 Å². The third kappa shape index (κ3) is 2.93. The van der Waals surface area contributed by atoms with Gasteiger partial charge in [0.05, 0.1) is 23.9 Å². The topological polar surface area (TPSA) is 55.8 Å². The van der Waals surface area contributed by atoms with E-state index in [-0.39, 0.29) is 34.1 Å². The van der Waals surface area contributed by atoms with Crippen LogP contribution in [0.15, 0.2) is 12.7 Å². The van der Waals surface area contributed by atoms with Crippen LogP contribution in [0.3, 0.4) is 0 Å². The number of hydrogen-bond acceptors (Lipinski definition) is 4. The quantitative estimate of drug-likeness (QED) is 0.601. The van der Waals surface area contributed by atoms with E-state index < -0.39 is 0 Å². The first kappa shape index (κ1) is 19.9. The molecule has 0 radical (unpaired) electrons. The molecule has 0 bridgehead atoms. The second-order valence-electron chi connectivity index (χ2n) is 9.97. The van der Waals surface area contributed by atoms with Gasteiger partial charge in [-0.05, 0) is 64.2 Å². The molecule has 0 amide bonds. The molecular formula is C22H36O4. The zero-order chi connectivity index (χ0) is 19.4. The minimum Gasteiger partial charge on any atom is -0.465 e. The predicted octanol–water partition coefficient (Wildman–Crippen LogP) is 4.26. The first-order chi connectivity index (χ1) is 12.0. The van der Waals surface area contributed by atoms with Crippen molar-refractivity contribution in [1.29, 1.82) is 0 Å². The van der Waals surface area contributed by atoms with Gasteiger partial charge in [0.1, 0.15) is 0 Å². The standard InChI is InChI=1S/C22H36O4/c1-7-20(4)12-8-17-21(5,26-20)13-9-16-19(3,14-25-15(2)23)11-10-18(24)22(16,17)6/h7,16-18,24H,1,8-14H2,2-6H3/t16-,17-,18-,19-,20-,21+,22-/m0/s1. The number of aliphatic hydroxyl groups is 1. The van der Waals surface area contributed by atoms with Gasteiger partial charge < -0.3 is 14.6 Å². The lowest BCUT2D eigenvalue weighted by atomic mass is 9.43. The maximum atomic E-state index is 11.4. The van der Waals surface area contributed by atoms with Crippen molar-refractivity contribution in [3.63, 3.8) is 0 Å². The van der Waals surface area contributed by atoms with Gasteiger partial charge in [0, 0.05) is 17.8 Å². The maximum absolute atomic E-state index is 11.4. The van der Waals surface area contributed by atoms with Crippen molar-refractivity contribution < 1.29 is 19.4 Å². The Morgan fingerprint density at radius 1 is 1.15 bits per heavy atom. The van der Waals surface area contributed by atoms with Crippen molar-refractivity contribution in [2.75, 3.05) is 6.61 Å². The Morgan fingerprint density at radius 3 is 2.42 bits per heavy atom. The molecule has 1 aliphatic heterocycles. The Morgan fingerprint density at radius 2 is 1.81 bits per heavy atom. The minimum atomic E-state index is -0.334. The van der Waals surface area contributed by atoms with Crippen molar-refractivity contribution in [2.45, 2.75) is 90.4 Å². The SMILES string of the molecule is C=C[C@@]1(C)CC[C@@H]2[C@@]3(C)[C@@H](O)CC[C@@](C)(COC(C)=O)[C@@H]3CC[C@@]2(C)O1. The Bertz CT molecular complexity index is 589. The molecule has 26 heavy (non-hydrogen) atoms. The van der Waals surface area contributed by atoms with Crippen LogP contribution >= 0.6 is 0 Å². The molecule has 3 fully saturated rings. The van der Waals surface area contributed by atoms with Gasteiger partial charge >= 0.3 is 5.97 Å². The van der Waals surface area contributed by atoms with Crippen LogP contribution in [0.2, 0.25) is 0 Å². The number of carbonyl (C=O) groups is 1. The second-order valence-corrected chi connectivity index (χ2v) is 9.97. The summed E-state index contributed by atoms with van der Waals surface area (Å²) in [7, 11) is 0. The van der Waals surface area contributed by atoms with Gasteiger partial charge in [-0.15, -0.1) is 6.58 Å². The Labute approximate surface area is 158 Å². The van der Waals surface area contributed by atoms with Crippen LogP contribution < -0.4 is 0 Å². The zero-order valence-electron chi connectivity index (χ0n) is 17.1. The van der Waals surface area contributed by atoms with Crippen LogP contribution in [0, 0.1) is 22.7 Å². The Balaban J connectivity index is 1.94. The highest BCUT2D eigenvalue weighted by molar-refractivity contribution is 5.65. The fourth-order valence-corrected chi connectivity index (χ4v) is 6.67. The van der Waals surface area contributed by atoms with Crippen LogP contribution in [0.5, 0.6) is 0 Å².